The molecule has 19 heavy (non-hydrogen) atoms. The summed E-state index contributed by atoms with van der Waals surface area (Å²) < 4.78 is 1.05. The first-order chi connectivity index (χ1) is 9.17. The van der Waals surface area contributed by atoms with Gasteiger partial charge in [-0.3, -0.25) is 0 Å². The number of halogens is 2. The Labute approximate surface area is 131 Å². The van der Waals surface area contributed by atoms with Crippen LogP contribution in [0.2, 0.25) is 5.02 Å². The largest absolute Gasteiger partial charge is 0.313 e. The zero-order valence-corrected chi connectivity index (χ0v) is 14.4. The molecule has 0 aliphatic heterocycles. The highest BCUT2D eigenvalue weighted by Crippen LogP contribution is 2.26. The van der Waals surface area contributed by atoms with Crippen LogP contribution in [0.3, 0.4) is 0 Å². The van der Waals surface area contributed by atoms with Gasteiger partial charge in [-0.1, -0.05) is 73.0 Å². The molecule has 0 aliphatic rings. The molecule has 0 amide bonds. The van der Waals surface area contributed by atoms with E-state index in [1.165, 1.54) is 50.5 Å². The molecule has 0 fully saturated rings. The van der Waals surface area contributed by atoms with Crippen molar-refractivity contribution < 1.29 is 0 Å². The maximum atomic E-state index is 6.11. The Balaban J connectivity index is 2.40. The van der Waals surface area contributed by atoms with E-state index in [2.05, 4.69) is 40.3 Å². The molecule has 0 saturated heterocycles. The van der Waals surface area contributed by atoms with E-state index in [1.54, 1.807) is 0 Å². The molecule has 1 N–H and O–H groups in total. The van der Waals surface area contributed by atoms with Crippen molar-refractivity contribution in [2.24, 2.45) is 0 Å². The van der Waals surface area contributed by atoms with Crippen LogP contribution in [0, 0.1) is 0 Å². The van der Waals surface area contributed by atoms with E-state index in [0.29, 0.717) is 6.04 Å². The molecule has 0 saturated carbocycles. The van der Waals surface area contributed by atoms with E-state index in [1.807, 2.05) is 13.1 Å². The standard InChI is InChI=1S/C16H25BrClN/c1-3-4-5-6-7-8-9-16(19-2)13-10-14(17)12-15(18)11-13/h10-12,16,19H,3-9H2,1-2H3. The number of unbranched alkanes of at least 4 members (excludes halogenated alkanes) is 5. The number of rotatable bonds is 9. The predicted molar refractivity (Wildman–Crippen MR) is 88.9 cm³/mol. The SMILES string of the molecule is CCCCCCCCC(NC)c1cc(Cl)cc(Br)c1. The van der Waals surface area contributed by atoms with Gasteiger partial charge in [0.25, 0.3) is 0 Å². The topological polar surface area (TPSA) is 12.0 Å². The Morgan fingerprint density at radius 1 is 1.11 bits per heavy atom. The van der Waals surface area contributed by atoms with Gasteiger partial charge in [0, 0.05) is 15.5 Å². The summed E-state index contributed by atoms with van der Waals surface area (Å²) in [6, 6.07) is 6.55. The van der Waals surface area contributed by atoms with Crippen LogP contribution in [0.1, 0.15) is 63.5 Å². The van der Waals surface area contributed by atoms with Crippen LogP contribution < -0.4 is 5.32 Å². The molecule has 0 aliphatic carbocycles. The van der Waals surface area contributed by atoms with Crippen molar-refractivity contribution in [2.75, 3.05) is 7.05 Å². The zero-order valence-electron chi connectivity index (χ0n) is 12.0. The van der Waals surface area contributed by atoms with Crippen molar-refractivity contribution in [3.05, 3.63) is 33.3 Å². The lowest BCUT2D eigenvalue weighted by atomic mass is 10.00. The number of nitrogens with one attached hydrogen (secondary N) is 1. The van der Waals surface area contributed by atoms with Crippen molar-refractivity contribution in [1.29, 1.82) is 0 Å². The molecular weight excluding hydrogens is 322 g/mol. The van der Waals surface area contributed by atoms with Crippen molar-refractivity contribution in [1.82, 2.24) is 5.32 Å². The Hall–Kier alpha value is -0.0500. The normalized spacial score (nSPS) is 12.6. The molecule has 108 valence electrons. The second kappa shape index (κ2) is 9.79. The van der Waals surface area contributed by atoms with Gasteiger partial charge < -0.3 is 5.32 Å². The van der Waals surface area contributed by atoms with E-state index in [-0.39, 0.29) is 0 Å². The number of benzene rings is 1. The second-order valence-corrected chi connectivity index (χ2v) is 6.45. The van der Waals surface area contributed by atoms with Crippen LogP contribution in [0.25, 0.3) is 0 Å². The molecule has 0 aromatic heterocycles. The summed E-state index contributed by atoms with van der Waals surface area (Å²) in [6.45, 7) is 2.26. The molecule has 0 radical (unpaired) electrons. The first-order valence-corrected chi connectivity index (χ1v) is 8.47. The Kier molecular flexibility index (Phi) is 8.76. The van der Waals surface area contributed by atoms with E-state index >= 15 is 0 Å². The fraction of sp³-hybridized carbons (Fsp3) is 0.625. The molecule has 1 nitrogen and oxygen atoms in total. The molecule has 1 unspecified atom stereocenters. The minimum Gasteiger partial charge on any atom is -0.313 e. The summed E-state index contributed by atoms with van der Waals surface area (Å²) in [6.07, 6.45) is 9.22. The predicted octanol–water partition coefficient (Wildman–Crippen LogP) is 6.11. The second-order valence-electron chi connectivity index (χ2n) is 5.10. The monoisotopic (exact) mass is 345 g/mol. The average Bonchev–Trinajstić information content (AvgIpc) is 2.37. The van der Waals surface area contributed by atoms with E-state index in [0.717, 1.165) is 9.50 Å². The molecule has 3 heteroatoms. The maximum absolute atomic E-state index is 6.11. The third-order valence-corrected chi connectivity index (χ3v) is 4.16. The van der Waals surface area contributed by atoms with Crippen LogP contribution in [-0.2, 0) is 0 Å². The molecule has 0 bridgehead atoms. The van der Waals surface area contributed by atoms with Gasteiger partial charge in [0.15, 0.2) is 0 Å². The van der Waals surface area contributed by atoms with Crippen molar-refractivity contribution in [2.45, 2.75) is 57.9 Å². The molecule has 1 aromatic carbocycles. The van der Waals surface area contributed by atoms with Crippen LogP contribution >= 0.6 is 27.5 Å². The van der Waals surface area contributed by atoms with Crippen molar-refractivity contribution >= 4 is 27.5 Å². The first-order valence-electron chi connectivity index (χ1n) is 7.30. The van der Waals surface area contributed by atoms with Crippen LogP contribution in [-0.4, -0.2) is 7.05 Å². The maximum Gasteiger partial charge on any atom is 0.0420 e. The molecule has 1 rings (SSSR count). The highest BCUT2D eigenvalue weighted by Gasteiger charge is 2.10. The average molecular weight is 347 g/mol. The summed E-state index contributed by atoms with van der Waals surface area (Å²) in [4.78, 5) is 0. The summed E-state index contributed by atoms with van der Waals surface area (Å²) in [5, 5.41) is 4.19. The fourth-order valence-corrected chi connectivity index (χ4v) is 3.27. The van der Waals surface area contributed by atoms with Gasteiger partial charge in [0.1, 0.15) is 0 Å². The number of hydrogen-bond acceptors (Lipinski definition) is 1. The van der Waals surface area contributed by atoms with E-state index < -0.39 is 0 Å². The van der Waals surface area contributed by atoms with Crippen LogP contribution in [0.15, 0.2) is 22.7 Å². The minimum atomic E-state index is 0.404. The Morgan fingerprint density at radius 3 is 2.42 bits per heavy atom. The smallest absolute Gasteiger partial charge is 0.0420 e. The Bertz CT molecular complexity index is 348. The lowest BCUT2D eigenvalue weighted by Crippen LogP contribution is -2.16. The molecular formula is C16H25BrClN. The highest BCUT2D eigenvalue weighted by molar-refractivity contribution is 9.10. The van der Waals surface area contributed by atoms with Gasteiger partial charge in [0.05, 0.1) is 0 Å². The Morgan fingerprint density at radius 2 is 1.79 bits per heavy atom. The molecule has 0 spiro atoms. The first kappa shape index (κ1) is 17.0. The lowest BCUT2D eigenvalue weighted by molar-refractivity contribution is 0.498. The summed E-state index contributed by atoms with van der Waals surface area (Å²) in [5.74, 6) is 0. The van der Waals surface area contributed by atoms with Gasteiger partial charge in [-0.25, -0.2) is 0 Å². The van der Waals surface area contributed by atoms with E-state index in [9.17, 15) is 0 Å². The molecule has 1 aromatic rings. The minimum absolute atomic E-state index is 0.404. The van der Waals surface area contributed by atoms with Crippen LogP contribution in [0.5, 0.6) is 0 Å². The highest BCUT2D eigenvalue weighted by atomic mass is 79.9. The third-order valence-electron chi connectivity index (χ3n) is 3.48. The summed E-state index contributed by atoms with van der Waals surface area (Å²) in [5.41, 5.74) is 1.27. The molecule has 0 heterocycles. The van der Waals surface area contributed by atoms with Crippen molar-refractivity contribution in [3.8, 4) is 0 Å². The van der Waals surface area contributed by atoms with Crippen LogP contribution in [0.4, 0.5) is 0 Å². The summed E-state index contributed by atoms with van der Waals surface area (Å²) in [7, 11) is 2.02. The van der Waals surface area contributed by atoms with Crippen molar-refractivity contribution in [3.63, 3.8) is 0 Å². The quantitative estimate of drug-likeness (QED) is 0.532. The fourth-order valence-electron chi connectivity index (χ4n) is 2.38. The van der Waals surface area contributed by atoms with Gasteiger partial charge in [-0.2, -0.15) is 0 Å². The summed E-state index contributed by atoms with van der Waals surface area (Å²) >= 11 is 9.62. The van der Waals surface area contributed by atoms with Gasteiger partial charge in [-0.05, 0) is 37.2 Å². The number of hydrogen-bond donors (Lipinski definition) is 1. The third kappa shape index (κ3) is 6.78. The van der Waals surface area contributed by atoms with Gasteiger partial charge in [-0.15, -0.1) is 0 Å². The van der Waals surface area contributed by atoms with Gasteiger partial charge >= 0.3 is 0 Å². The lowest BCUT2D eigenvalue weighted by Gasteiger charge is -2.17. The van der Waals surface area contributed by atoms with E-state index in [4.69, 9.17) is 11.6 Å². The van der Waals surface area contributed by atoms with Gasteiger partial charge in [0.2, 0.25) is 0 Å². The molecule has 1 atom stereocenters. The zero-order chi connectivity index (χ0) is 14.1.